The number of benzene rings is 1. The summed E-state index contributed by atoms with van der Waals surface area (Å²) in [6, 6.07) is 5.37. The molecule has 0 saturated carbocycles. The van der Waals surface area contributed by atoms with Crippen LogP contribution in [0.15, 0.2) is 18.2 Å². The molecule has 22 heavy (non-hydrogen) atoms. The molecule has 6 heteroatoms. The number of amides is 2. The van der Waals surface area contributed by atoms with E-state index in [4.69, 9.17) is 9.47 Å². The molecule has 0 spiro atoms. The zero-order chi connectivity index (χ0) is 15.9. The summed E-state index contributed by atoms with van der Waals surface area (Å²) in [5, 5.41) is 2.81. The van der Waals surface area contributed by atoms with Crippen molar-refractivity contribution in [2.24, 2.45) is 0 Å². The van der Waals surface area contributed by atoms with E-state index in [1.54, 1.807) is 23.1 Å². The molecule has 0 fully saturated rings. The van der Waals surface area contributed by atoms with Crippen molar-refractivity contribution in [3.8, 4) is 11.5 Å². The molecule has 0 aliphatic carbocycles. The lowest BCUT2D eigenvalue weighted by Crippen LogP contribution is -2.34. The van der Waals surface area contributed by atoms with E-state index in [2.05, 4.69) is 5.32 Å². The summed E-state index contributed by atoms with van der Waals surface area (Å²) < 4.78 is 11.0. The Kier molecular flexibility index (Phi) is 5.63. The Labute approximate surface area is 130 Å². The first-order valence-electron chi connectivity index (χ1n) is 7.56. The Morgan fingerprint density at radius 3 is 2.64 bits per heavy atom. The van der Waals surface area contributed by atoms with Crippen LogP contribution in [0.2, 0.25) is 0 Å². The standard InChI is InChI=1S/C16H22N2O4/c1-3-7-17-16(20)6-8-18(12(2)19)13-4-5-14-15(11-13)22-10-9-21-14/h4-5,11H,3,6-10H2,1-2H3,(H,17,20). The van der Waals surface area contributed by atoms with Gasteiger partial charge in [-0.2, -0.15) is 0 Å². The molecule has 0 saturated heterocycles. The molecule has 0 atom stereocenters. The number of rotatable bonds is 6. The Bertz CT molecular complexity index is 545. The van der Waals surface area contributed by atoms with Crippen molar-refractivity contribution >= 4 is 17.5 Å². The average Bonchev–Trinajstić information content (AvgIpc) is 2.52. The van der Waals surface area contributed by atoms with Gasteiger partial charge in [0.05, 0.1) is 0 Å². The van der Waals surface area contributed by atoms with E-state index < -0.39 is 0 Å². The molecule has 1 aliphatic rings. The second kappa shape index (κ2) is 7.68. The van der Waals surface area contributed by atoms with Gasteiger partial charge in [-0.15, -0.1) is 0 Å². The summed E-state index contributed by atoms with van der Waals surface area (Å²) in [5.41, 5.74) is 0.708. The predicted molar refractivity (Wildman–Crippen MR) is 83.4 cm³/mol. The first-order valence-corrected chi connectivity index (χ1v) is 7.56. The second-order valence-corrected chi connectivity index (χ2v) is 5.10. The van der Waals surface area contributed by atoms with Crippen LogP contribution in [0.5, 0.6) is 11.5 Å². The van der Waals surface area contributed by atoms with Gasteiger partial charge < -0.3 is 19.7 Å². The lowest BCUT2D eigenvalue weighted by molar-refractivity contribution is -0.121. The fraction of sp³-hybridized carbons (Fsp3) is 0.500. The second-order valence-electron chi connectivity index (χ2n) is 5.10. The van der Waals surface area contributed by atoms with Crippen molar-refractivity contribution in [3.05, 3.63) is 18.2 Å². The minimum Gasteiger partial charge on any atom is -0.486 e. The lowest BCUT2D eigenvalue weighted by atomic mass is 10.2. The number of anilines is 1. The van der Waals surface area contributed by atoms with Gasteiger partial charge in [-0.3, -0.25) is 9.59 Å². The van der Waals surface area contributed by atoms with Crippen LogP contribution in [-0.4, -0.2) is 38.1 Å². The van der Waals surface area contributed by atoms with Crippen LogP contribution in [0.1, 0.15) is 26.7 Å². The summed E-state index contributed by atoms with van der Waals surface area (Å²) in [6.07, 6.45) is 1.17. The Hall–Kier alpha value is -2.24. The van der Waals surface area contributed by atoms with E-state index in [0.29, 0.717) is 43.5 Å². The predicted octanol–water partition coefficient (Wildman–Crippen LogP) is 1.73. The maximum absolute atomic E-state index is 11.9. The minimum atomic E-state index is -0.111. The Morgan fingerprint density at radius 2 is 1.95 bits per heavy atom. The van der Waals surface area contributed by atoms with E-state index in [0.717, 1.165) is 6.42 Å². The average molecular weight is 306 g/mol. The normalized spacial score (nSPS) is 12.6. The van der Waals surface area contributed by atoms with Gasteiger partial charge in [0.1, 0.15) is 13.2 Å². The summed E-state index contributed by atoms with van der Waals surface area (Å²) in [5.74, 6) is 1.15. The number of ether oxygens (including phenoxy) is 2. The molecule has 0 unspecified atom stereocenters. The molecule has 0 bridgehead atoms. The van der Waals surface area contributed by atoms with Crippen molar-refractivity contribution in [2.75, 3.05) is 31.2 Å². The van der Waals surface area contributed by atoms with Gasteiger partial charge in [0.2, 0.25) is 11.8 Å². The van der Waals surface area contributed by atoms with E-state index in [-0.39, 0.29) is 18.2 Å². The number of fused-ring (bicyclic) bond motifs is 1. The Balaban J connectivity index is 2.04. The molecule has 2 rings (SSSR count). The third-order valence-corrected chi connectivity index (χ3v) is 3.35. The molecule has 1 heterocycles. The van der Waals surface area contributed by atoms with Gasteiger partial charge in [0.15, 0.2) is 11.5 Å². The first kappa shape index (κ1) is 16.1. The van der Waals surface area contributed by atoms with E-state index in [9.17, 15) is 9.59 Å². The number of nitrogens with one attached hydrogen (secondary N) is 1. The van der Waals surface area contributed by atoms with E-state index in [1.807, 2.05) is 6.92 Å². The van der Waals surface area contributed by atoms with Crippen LogP contribution in [-0.2, 0) is 9.59 Å². The van der Waals surface area contributed by atoms with Gasteiger partial charge >= 0.3 is 0 Å². The van der Waals surface area contributed by atoms with Crippen LogP contribution >= 0.6 is 0 Å². The Morgan fingerprint density at radius 1 is 1.23 bits per heavy atom. The van der Waals surface area contributed by atoms with Crippen molar-refractivity contribution in [2.45, 2.75) is 26.7 Å². The van der Waals surface area contributed by atoms with Gasteiger partial charge in [-0.05, 0) is 18.6 Å². The maximum Gasteiger partial charge on any atom is 0.223 e. The van der Waals surface area contributed by atoms with Crippen LogP contribution in [0.25, 0.3) is 0 Å². The summed E-state index contributed by atoms with van der Waals surface area (Å²) in [6.45, 7) is 5.50. The molecule has 0 radical (unpaired) electrons. The van der Waals surface area contributed by atoms with Crippen molar-refractivity contribution < 1.29 is 19.1 Å². The third-order valence-electron chi connectivity index (χ3n) is 3.35. The highest BCUT2D eigenvalue weighted by atomic mass is 16.6. The van der Waals surface area contributed by atoms with Gasteiger partial charge in [-0.1, -0.05) is 6.92 Å². The zero-order valence-corrected chi connectivity index (χ0v) is 13.1. The summed E-state index contributed by atoms with van der Waals surface area (Å²) in [7, 11) is 0. The number of nitrogens with zero attached hydrogens (tertiary/aromatic N) is 1. The molecule has 1 aliphatic heterocycles. The first-order chi connectivity index (χ1) is 10.6. The number of carbonyl (C=O) groups excluding carboxylic acids is 2. The van der Waals surface area contributed by atoms with Gasteiger partial charge in [0, 0.05) is 38.2 Å². The minimum absolute atomic E-state index is 0.0503. The maximum atomic E-state index is 11.9. The van der Waals surface area contributed by atoms with Crippen LogP contribution in [0, 0.1) is 0 Å². The van der Waals surface area contributed by atoms with Crippen LogP contribution in [0.4, 0.5) is 5.69 Å². The molecule has 1 aromatic rings. The van der Waals surface area contributed by atoms with E-state index in [1.165, 1.54) is 6.92 Å². The third kappa shape index (κ3) is 4.13. The molecule has 1 aromatic carbocycles. The van der Waals surface area contributed by atoms with Crippen molar-refractivity contribution in [3.63, 3.8) is 0 Å². The fourth-order valence-electron chi connectivity index (χ4n) is 2.23. The fourth-order valence-corrected chi connectivity index (χ4v) is 2.23. The lowest BCUT2D eigenvalue weighted by Gasteiger charge is -2.24. The molecule has 6 nitrogen and oxygen atoms in total. The van der Waals surface area contributed by atoms with Gasteiger partial charge in [0.25, 0.3) is 0 Å². The quantitative estimate of drug-likeness (QED) is 0.869. The number of hydrogen-bond donors (Lipinski definition) is 1. The SMILES string of the molecule is CCCNC(=O)CCN(C(C)=O)c1ccc2c(c1)OCCO2. The van der Waals surface area contributed by atoms with Crippen molar-refractivity contribution in [1.29, 1.82) is 0 Å². The number of hydrogen-bond acceptors (Lipinski definition) is 4. The number of carbonyl (C=O) groups is 2. The van der Waals surface area contributed by atoms with Gasteiger partial charge in [-0.25, -0.2) is 0 Å². The topological polar surface area (TPSA) is 67.9 Å². The molecule has 1 N–H and O–H groups in total. The molecule has 0 aromatic heterocycles. The molecule has 2 amide bonds. The highest BCUT2D eigenvalue weighted by Crippen LogP contribution is 2.34. The molecule has 120 valence electrons. The highest BCUT2D eigenvalue weighted by Gasteiger charge is 2.17. The summed E-state index contributed by atoms with van der Waals surface area (Å²) >= 11 is 0. The zero-order valence-electron chi connectivity index (χ0n) is 13.1. The van der Waals surface area contributed by atoms with Crippen LogP contribution in [0.3, 0.4) is 0 Å². The largest absolute Gasteiger partial charge is 0.486 e. The smallest absolute Gasteiger partial charge is 0.223 e. The van der Waals surface area contributed by atoms with Crippen molar-refractivity contribution in [1.82, 2.24) is 5.32 Å². The monoisotopic (exact) mass is 306 g/mol. The molecular formula is C16H22N2O4. The van der Waals surface area contributed by atoms with Crippen LogP contribution < -0.4 is 19.7 Å². The highest BCUT2D eigenvalue weighted by molar-refractivity contribution is 5.92. The van der Waals surface area contributed by atoms with E-state index >= 15 is 0 Å². The molecular weight excluding hydrogens is 284 g/mol. The summed E-state index contributed by atoms with van der Waals surface area (Å²) in [4.78, 5) is 25.1.